The van der Waals surface area contributed by atoms with E-state index in [1.807, 2.05) is 0 Å². The van der Waals surface area contributed by atoms with Gasteiger partial charge in [0.2, 0.25) is 0 Å². The van der Waals surface area contributed by atoms with Crippen LogP contribution in [0, 0.1) is 40.7 Å². The van der Waals surface area contributed by atoms with Crippen LogP contribution in [0.1, 0.15) is 130 Å². The first-order valence-corrected chi connectivity index (χ1v) is 17.7. The molecule has 8 rings (SSSR count). The van der Waals surface area contributed by atoms with Gasteiger partial charge in [-0.05, 0) is 90.1 Å². The Labute approximate surface area is 297 Å². The van der Waals surface area contributed by atoms with Crippen LogP contribution in [0.2, 0.25) is 0 Å². The topological polar surface area (TPSA) is 0 Å². The Bertz CT molecular complexity index is 1310. The quantitative estimate of drug-likeness (QED) is 0.315. The normalized spacial score (nSPS) is 28.7. The zero-order chi connectivity index (χ0) is 30.7. The molecule has 0 radical (unpaired) electrons. The van der Waals surface area contributed by atoms with Crippen LogP contribution in [-0.2, 0) is 41.5 Å². The second-order valence-electron chi connectivity index (χ2n) is 16.9. The van der Waals surface area contributed by atoms with E-state index in [0.717, 1.165) is 24.2 Å². The maximum Gasteiger partial charge on any atom is -1.00 e. The Kier molecular flexibility index (Phi) is 11.8. The van der Waals surface area contributed by atoms with Gasteiger partial charge in [-0.25, -0.2) is 11.6 Å². The van der Waals surface area contributed by atoms with Crippen LogP contribution in [0.4, 0.5) is 0 Å². The van der Waals surface area contributed by atoms with Gasteiger partial charge in [-0.15, -0.1) is 11.1 Å². The van der Waals surface area contributed by atoms with Crippen molar-refractivity contribution in [2.45, 2.75) is 125 Å². The van der Waals surface area contributed by atoms with Crippen LogP contribution >= 0.6 is 0 Å². The first-order valence-electron chi connectivity index (χ1n) is 16.5. The molecule has 2 aromatic rings. The Morgan fingerprint density at radius 2 is 1.34 bits per heavy atom. The second kappa shape index (κ2) is 13.8. The van der Waals surface area contributed by atoms with E-state index in [1.165, 1.54) is 61.4 Å². The van der Waals surface area contributed by atoms with E-state index in [2.05, 4.69) is 124 Å². The van der Waals surface area contributed by atoms with Crippen LogP contribution in [0.3, 0.4) is 0 Å². The van der Waals surface area contributed by atoms with Gasteiger partial charge in [-0.2, -0.15) is 29.8 Å². The molecule has 4 bridgehead atoms. The van der Waals surface area contributed by atoms with Crippen molar-refractivity contribution >= 4 is 3.21 Å². The zero-order valence-electron chi connectivity index (χ0n) is 29.0. The number of hydrogen-bond acceptors (Lipinski definition) is 0. The monoisotopic (exact) mass is 706 g/mol. The molecule has 0 spiro atoms. The largest absolute Gasteiger partial charge is 1.00 e. The molecule has 0 N–H and O–H groups in total. The molecule has 0 aromatic heterocycles. The minimum absolute atomic E-state index is 0. The molecule has 0 nitrogen and oxygen atoms in total. The predicted molar refractivity (Wildman–Crippen MR) is 178 cm³/mol. The summed E-state index contributed by atoms with van der Waals surface area (Å²) in [6, 6.07) is 15.2. The van der Waals surface area contributed by atoms with Crippen molar-refractivity contribution in [3.8, 4) is 11.1 Å². The van der Waals surface area contributed by atoms with E-state index in [4.69, 9.17) is 0 Å². The maximum atomic E-state index is 3.67. The first-order chi connectivity index (χ1) is 19.5. The third-order valence-corrected chi connectivity index (χ3v) is 10.8. The Morgan fingerprint density at radius 3 is 1.80 bits per heavy atom. The predicted octanol–water partition coefficient (Wildman–Crippen LogP) is 4.93. The zero-order valence-corrected chi connectivity index (χ0v) is 32.9. The van der Waals surface area contributed by atoms with Gasteiger partial charge in [-0.1, -0.05) is 84.6 Å². The molecule has 2 aromatic carbocycles. The molecule has 6 aliphatic rings. The van der Waals surface area contributed by atoms with E-state index < -0.39 is 0 Å². The first kappa shape index (κ1) is 37.7. The van der Waals surface area contributed by atoms with Crippen LogP contribution in [0.25, 0.3) is 11.1 Å². The number of halogens is 2. The SMILES string of the molecule is CC(C)(C)c1[c-]c2c(cc1)-c1ccc(C(C)(C)C)cc1C2.CC1=CC(C)(C23CC4CC(CC(C4)C2)C3)C=[C-]1.C[C](C)=[Zr+2].[Cl-].[Cl-]. The number of benzene rings is 2. The van der Waals surface area contributed by atoms with Gasteiger partial charge in [0.25, 0.3) is 0 Å². The minimum Gasteiger partial charge on any atom is -1.00 e. The Hall–Kier alpha value is -0.747. The van der Waals surface area contributed by atoms with Crippen LogP contribution in [0.15, 0.2) is 48.1 Å². The fourth-order valence-electron chi connectivity index (χ4n) is 8.90. The molecule has 0 aliphatic heterocycles. The molecule has 0 amide bonds. The fraction of sp³-hybridized carbons (Fsp3) is 0.585. The molecule has 1 atom stereocenters. The van der Waals surface area contributed by atoms with E-state index in [0.29, 0.717) is 10.8 Å². The number of fused-ring (bicyclic) bond motifs is 3. The molecule has 0 heterocycles. The summed E-state index contributed by atoms with van der Waals surface area (Å²) in [4.78, 5) is 0. The molecular weight excluding hydrogens is 655 g/mol. The molecule has 1 unspecified atom stereocenters. The average Bonchev–Trinajstić information content (AvgIpc) is 3.41. The summed E-state index contributed by atoms with van der Waals surface area (Å²) in [5, 5.41) is 0. The summed E-state index contributed by atoms with van der Waals surface area (Å²) in [5.41, 5.74) is 11.0. The Morgan fingerprint density at radius 1 is 0.818 bits per heavy atom. The molecule has 0 saturated heterocycles. The number of allylic oxidation sites excluding steroid dienone is 4. The third-order valence-electron chi connectivity index (χ3n) is 10.8. The summed E-state index contributed by atoms with van der Waals surface area (Å²) in [6.45, 7) is 22.5. The average molecular weight is 709 g/mol. The third kappa shape index (κ3) is 7.85. The van der Waals surface area contributed by atoms with Gasteiger partial charge < -0.3 is 24.8 Å². The van der Waals surface area contributed by atoms with Crippen molar-refractivity contribution in [2.75, 3.05) is 0 Å². The van der Waals surface area contributed by atoms with Crippen molar-refractivity contribution in [3.63, 3.8) is 0 Å². The summed E-state index contributed by atoms with van der Waals surface area (Å²) in [6.07, 6.45) is 18.5. The number of hydrogen-bond donors (Lipinski definition) is 0. The molecule has 4 saturated carbocycles. The Balaban J connectivity index is 0.000000209. The molecule has 4 fully saturated rings. The summed E-state index contributed by atoms with van der Waals surface area (Å²) < 4.78 is 1.51. The standard InChI is InChI=1S/C21H25.C17H23.C3H6.2ClH.Zr/c1-20(2,3)16-7-9-18-14(12-16)11-15-13-17(21(4,5)6)8-10-19(15)18;1-12-3-4-16(2,8-12)17-9-13-5-14(10-17)7-15(6-13)11-17;1-3-2;;;/h7-10,12H,11H2,1-6H3;4,8,13-15H,5-7,9-11H2,1-2H3;1-2H3;2*1H;/q2*-1;;;;+2/p-2. The van der Waals surface area contributed by atoms with Crippen LogP contribution < -0.4 is 24.8 Å². The minimum atomic E-state index is 0. The van der Waals surface area contributed by atoms with E-state index >= 15 is 0 Å². The van der Waals surface area contributed by atoms with Crippen LogP contribution in [0.5, 0.6) is 0 Å². The summed E-state index contributed by atoms with van der Waals surface area (Å²) >= 11 is 1.55. The van der Waals surface area contributed by atoms with Crippen molar-refractivity contribution in [2.24, 2.45) is 28.6 Å². The molecule has 238 valence electrons. The summed E-state index contributed by atoms with van der Waals surface area (Å²) in [5.74, 6) is 3.17. The van der Waals surface area contributed by atoms with Crippen molar-refractivity contribution in [1.29, 1.82) is 0 Å². The van der Waals surface area contributed by atoms with E-state index in [9.17, 15) is 0 Å². The smallest absolute Gasteiger partial charge is 1.00 e. The van der Waals surface area contributed by atoms with Gasteiger partial charge in [0, 0.05) is 0 Å². The van der Waals surface area contributed by atoms with Crippen LogP contribution in [-0.4, -0.2) is 3.21 Å². The maximum absolute atomic E-state index is 3.67. The van der Waals surface area contributed by atoms with Crippen molar-refractivity contribution < 1.29 is 49.0 Å². The van der Waals surface area contributed by atoms with Gasteiger partial charge in [-0.3, -0.25) is 6.08 Å². The van der Waals surface area contributed by atoms with Gasteiger partial charge in [0.1, 0.15) is 0 Å². The van der Waals surface area contributed by atoms with Gasteiger partial charge in [0.05, 0.1) is 0 Å². The number of rotatable bonds is 1. The fourth-order valence-corrected chi connectivity index (χ4v) is 8.90. The molecule has 3 heteroatoms. The van der Waals surface area contributed by atoms with E-state index in [-0.39, 0.29) is 35.6 Å². The second-order valence-corrected chi connectivity index (χ2v) is 19.4. The van der Waals surface area contributed by atoms with Crippen molar-refractivity contribution in [1.82, 2.24) is 0 Å². The van der Waals surface area contributed by atoms with E-state index in [1.54, 1.807) is 43.5 Å². The molecule has 44 heavy (non-hydrogen) atoms. The summed E-state index contributed by atoms with van der Waals surface area (Å²) in [7, 11) is 0. The van der Waals surface area contributed by atoms with Gasteiger partial charge >= 0.3 is 41.3 Å². The molecule has 6 aliphatic carbocycles. The molecular formula is C41H54Cl2Zr-2. The van der Waals surface area contributed by atoms with Gasteiger partial charge in [0.15, 0.2) is 0 Å². The van der Waals surface area contributed by atoms with Crippen molar-refractivity contribution in [3.05, 3.63) is 82.5 Å².